The van der Waals surface area contributed by atoms with Crippen LogP contribution in [-0.4, -0.2) is 57.6 Å². The Morgan fingerprint density at radius 3 is 2.85 bits per heavy atom. The molecule has 1 saturated heterocycles. The van der Waals surface area contributed by atoms with Gasteiger partial charge in [0.15, 0.2) is 5.96 Å². The van der Waals surface area contributed by atoms with Crippen LogP contribution in [0.5, 0.6) is 0 Å². The summed E-state index contributed by atoms with van der Waals surface area (Å²) in [6.45, 7) is 3.84. The number of nitrogens with one attached hydrogen (secondary N) is 2. The third-order valence-corrected chi connectivity index (χ3v) is 5.48. The van der Waals surface area contributed by atoms with Gasteiger partial charge in [0.1, 0.15) is 5.54 Å². The standard InChI is InChI=1S/C17H25N7O2/c18-16-20-15(26)17(21-16)4-8-23(9-5-17)14(25)3-2-12-10-13-11-19-6-1-7-24(13)22-12/h10,19H,1-9,11H2,(H3,18,20,21,26). The number of amides is 2. The highest BCUT2D eigenvalue weighted by molar-refractivity contribution is 6.06. The van der Waals surface area contributed by atoms with E-state index in [2.05, 4.69) is 26.8 Å². The normalized spacial score (nSPS) is 21.9. The molecule has 140 valence electrons. The number of likely N-dealkylation sites (tertiary alicyclic amines) is 1. The van der Waals surface area contributed by atoms with Gasteiger partial charge in [0.05, 0.1) is 11.4 Å². The number of nitrogens with two attached hydrogens (primary N) is 1. The summed E-state index contributed by atoms with van der Waals surface area (Å²) in [5.74, 6) is 0.149. The molecule has 1 fully saturated rings. The highest BCUT2D eigenvalue weighted by Crippen LogP contribution is 2.29. The van der Waals surface area contributed by atoms with Crippen molar-refractivity contribution in [2.24, 2.45) is 10.7 Å². The molecule has 3 aliphatic rings. The number of rotatable bonds is 3. The first-order valence-corrected chi connectivity index (χ1v) is 9.27. The number of aromatic nitrogens is 2. The fraction of sp³-hybridized carbons (Fsp3) is 0.647. The average molecular weight is 359 g/mol. The van der Waals surface area contributed by atoms with Crippen LogP contribution >= 0.6 is 0 Å². The number of aryl methyl sites for hydroxylation is 2. The van der Waals surface area contributed by atoms with Gasteiger partial charge in [-0.2, -0.15) is 5.10 Å². The molecule has 0 bridgehead atoms. The maximum absolute atomic E-state index is 12.5. The second-order valence-corrected chi connectivity index (χ2v) is 7.24. The molecule has 1 spiro atoms. The number of aliphatic imine (C=N–C) groups is 1. The van der Waals surface area contributed by atoms with Crippen LogP contribution in [0.1, 0.15) is 37.1 Å². The van der Waals surface area contributed by atoms with Gasteiger partial charge in [-0.1, -0.05) is 0 Å². The van der Waals surface area contributed by atoms with E-state index < -0.39 is 5.54 Å². The van der Waals surface area contributed by atoms with Crippen LogP contribution in [0.15, 0.2) is 11.1 Å². The Morgan fingerprint density at radius 1 is 1.31 bits per heavy atom. The first kappa shape index (κ1) is 17.0. The van der Waals surface area contributed by atoms with E-state index in [0.717, 1.165) is 31.7 Å². The van der Waals surface area contributed by atoms with E-state index in [1.807, 2.05) is 9.58 Å². The molecule has 3 aliphatic heterocycles. The summed E-state index contributed by atoms with van der Waals surface area (Å²) in [5.41, 5.74) is 7.00. The quantitative estimate of drug-likeness (QED) is 0.647. The van der Waals surface area contributed by atoms with Gasteiger partial charge >= 0.3 is 0 Å². The monoisotopic (exact) mass is 359 g/mol. The van der Waals surface area contributed by atoms with Crippen LogP contribution in [0.3, 0.4) is 0 Å². The Balaban J connectivity index is 1.30. The van der Waals surface area contributed by atoms with Crippen molar-refractivity contribution in [3.63, 3.8) is 0 Å². The molecule has 0 unspecified atom stereocenters. The van der Waals surface area contributed by atoms with Gasteiger partial charge in [-0.15, -0.1) is 0 Å². The Hall–Kier alpha value is -2.42. The van der Waals surface area contributed by atoms with E-state index in [0.29, 0.717) is 38.8 Å². The van der Waals surface area contributed by atoms with Gasteiger partial charge in [0.2, 0.25) is 5.91 Å². The minimum Gasteiger partial charge on any atom is -0.370 e. The number of carbonyl (C=O) groups is 2. The van der Waals surface area contributed by atoms with Gasteiger partial charge in [0, 0.05) is 39.0 Å². The van der Waals surface area contributed by atoms with Gasteiger partial charge in [-0.05, 0) is 31.9 Å². The Labute approximate surface area is 152 Å². The molecule has 9 heteroatoms. The molecule has 2 amide bonds. The fourth-order valence-electron chi connectivity index (χ4n) is 3.94. The van der Waals surface area contributed by atoms with Crippen LogP contribution in [0, 0.1) is 0 Å². The van der Waals surface area contributed by atoms with Gasteiger partial charge in [-0.25, -0.2) is 4.99 Å². The molecule has 0 saturated carbocycles. The summed E-state index contributed by atoms with van der Waals surface area (Å²) in [6.07, 6.45) is 3.20. The molecule has 0 atom stereocenters. The lowest BCUT2D eigenvalue weighted by atomic mass is 9.88. The van der Waals surface area contributed by atoms with Crippen LogP contribution in [0.2, 0.25) is 0 Å². The Morgan fingerprint density at radius 2 is 2.12 bits per heavy atom. The molecule has 0 radical (unpaired) electrons. The van der Waals surface area contributed by atoms with Crippen LogP contribution in [0.25, 0.3) is 0 Å². The van der Waals surface area contributed by atoms with Crippen LogP contribution in [-0.2, 0) is 29.1 Å². The zero-order valence-electron chi connectivity index (χ0n) is 14.8. The summed E-state index contributed by atoms with van der Waals surface area (Å²) < 4.78 is 2.05. The summed E-state index contributed by atoms with van der Waals surface area (Å²) in [5, 5.41) is 10.6. The summed E-state index contributed by atoms with van der Waals surface area (Å²) >= 11 is 0. The van der Waals surface area contributed by atoms with Crippen molar-refractivity contribution >= 4 is 17.8 Å². The molecular weight excluding hydrogens is 334 g/mol. The van der Waals surface area contributed by atoms with Crippen molar-refractivity contribution in [3.8, 4) is 0 Å². The number of guanidine groups is 1. The fourth-order valence-corrected chi connectivity index (χ4v) is 3.94. The molecule has 1 aromatic rings. The highest BCUT2D eigenvalue weighted by Gasteiger charge is 2.45. The minimum atomic E-state index is -0.769. The first-order valence-electron chi connectivity index (χ1n) is 9.27. The smallest absolute Gasteiger partial charge is 0.254 e. The minimum absolute atomic E-state index is 0.108. The van der Waals surface area contributed by atoms with E-state index in [1.165, 1.54) is 5.69 Å². The second-order valence-electron chi connectivity index (χ2n) is 7.24. The van der Waals surface area contributed by atoms with Crippen molar-refractivity contribution in [3.05, 3.63) is 17.5 Å². The van der Waals surface area contributed by atoms with Crippen molar-refractivity contribution in [1.29, 1.82) is 0 Å². The lowest BCUT2D eigenvalue weighted by Gasteiger charge is -2.35. The Bertz CT molecular complexity index is 723. The maximum atomic E-state index is 12.5. The first-order chi connectivity index (χ1) is 12.6. The number of fused-ring (bicyclic) bond motifs is 1. The zero-order chi connectivity index (χ0) is 18.1. The highest BCUT2D eigenvalue weighted by atomic mass is 16.2. The molecule has 9 nitrogen and oxygen atoms in total. The lowest BCUT2D eigenvalue weighted by molar-refractivity contribution is -0.135. The predicted octanol–water partition coefficient (Wildman–Crippen LogP) is -0.885. The predicted molar refractivity (Wildman–Crippen MR) is 95.2 cm³/mol. The van der Waals surface area contributed by atoms with Gasteiger partial charge < -0.3 is 16.0 Å². The third-order valence-electron chi connectivity index (χ3n) is 5.48. The van der Waals surface area contributed by atoms with E-state index >= 15 is 0 Å². The molecular formula is C17H25N7O2. The van der Waals surface area contributed by atoms with Crippen molar-refractivity contribution in [2.45, 2.75) is 50.7 Å². The SMILES string of the molecule is NC1=NC2(CCN(C(=O)CCc3cc4n(n3)CCCNC4)CC2)C(=O)N1. The number of hydrogen-bond acceptors (Lipinski definition) is 6. The lowest BCUT2D eigenvalue weighted by Crippen LogP contribution is -2.50. The van der Waals surface area contributed by atoms with E-state index in [1.54, 1.807) is 0 Å². The third kappa shape index (κ3) is 3.18. The molecule has 0 aromatic carbocycles. The molecule has 4 rings (SSSR count). The number of nitrogens with zero attached hydrogens (tertiary/aromatic N) is 4. The average Bonchev–Trinajstić information content (AvgIpc) is 3.05. The summed E-state index contributed by atoms with van der Waals surface area (Å²) in [6, 6.07) is 2.09. The van der Waals surface area contributed by atoms with E-state index in [9.17, 15) is 9.59 Å². The summed E-state index contributed by atoms with van der Waals surface area (Å²) in [7, 11) is 0. The van der Waals surface area contributed by atoms with Gasteiger partial charge in [0.25, 0.3) is 5.91 Å². The van der Waals surface area contributed by atoms with Crippen molar-refractivity contribution < 1.29 is 9.59 Å². The number of piperidine rings is 1. The molecule has 0 aliphatic carbocycles. The molecule has 1 aromatic heterocycles. The van der Waals surface area contributed by atoms with Crippen molar-refractivity contribution in [1.82, 2.24) is 25.3 Å². The number of carbonyl (C=O) groups excluding carboxylic acids is 2. The molecule has 4 N–H and O–H groups in total. The van der Waals surface area contributed by atoms with Gasteiger partial charge in [-0.3, -0.25) is 19.6 Å². The molecule has 4 heterocycles. The van der Waals surface area contributed by atoms with Crippen LogP contribution < -0.4 is 16.4 Å². The van der Waals surface area contributed by atoms with E-state index in [4.69, 9.17) is 5.73 Å². The summed E-state index contributed by atoms with van der Waals surface area (Å²) in [4.78, 5) is 30.7. The number of hydrogen-bond donors (Lipinski definition) is 3. The second kappa shape index (κ2) is 6.71. The molecule has 26 heavy (non-hydrogen) atoms. The topological polar surface area (TPSA) is 118 Å². The Kier molecular flexibility index (Phi) is 4.39. The van der Waals surface area contributed by atoms with Crippen LogP contribution in [0.4, 0.5) is 0 Å². The largest absolute Gasteiger partial charge is 0.370 e. The van der Waals surface area contributed by atoms with Crippen molar-refractivity contribution in [2.75, 3.05) is 19.6 Å². The zero-order valence-corrected chi connectivity index (χ0v) is 14.8. The van der Waals surface area contributed by atoms with E-state index in [-0.39, 0.29) is 17.8 Å². The maximum Gasteiger partial charge on any atom is 0.254 e.